The number of carbonyl (C=O) groups excluding carboxylic acids is 3. The highest BCUT2D eigenvalue weighted by Gasteiger charge is 2.38. The van der Waals surface area contributed by atoms with Crippen LogP contribution in [0.3, 0.4) is 0 Å². The Balaban J connectivity index is 1.72. The number of benzene rings is 2. The minimum absolute atomic E-state index is 0.0670. The summed E-state index contributed by atoms with van der Waals surface area (Å²) in [6.45, 7) is 8.80. The molecule has 42 heavy (non-hydrogen) atoms. The molecular weight excluding hydrogens is 544 g/mol. The lowest BCUT2D eigenvalue weighted by atomic mass is 9.80. The van der Waals surface area contributed by atoms with Crippen molar-refractivity contribution >= 4 is 23.6 Å². The summed E-state index contributed by atoms with van der Waals surface area (Å²) >= 11 is 0. The van der Waals surface area contributed by atoms with Gasteiger partial charge in [-0.15, -0.1) is 0 Å². The molecule has 2 aromatic rings. The summed E-state index contributed by atoms with van der Waals surface area (Å²) in [5.74, 6) is -1.95. The number of allylic oxidation sites excluding steroid dienone is 2. The van der Waals surface area contributed by atoms with Crippen LogP contribution in [0.4, 0.5) is 5.69 Å². The molecule has 0 aromatic heterocycles. The Kier molecular flexibility index (Phi) is 11.2. The lowest BCUT2D eigenvalue weighted by Crippen LogP contribution is -2.33. The van der Waals surface area contributed by atoms with E-state index in [1.165, 1.54) is 18.2 Å². The highest BCUT2D eigenvalue weighted by molar-refractivity contribution is 6.00. The number of nitro groups is 1. The maximum atomic E-state index is 13.4. The van der Waals surface area contributed by atoms with Gasteiger partial charge >= 0.3 is 17.9 Å². The van der Waals surface area contributed by atoms with E-state index in [2.05, 4.69) is 5.32 Å². The Labute approximate surface area is 244 Å². The summed E-state index contributed by atoms with van der Waals surface area (Å²) in [6, 6.07) is 13.1. The van der Waals surface area contributed by atoms with Crippen molar-refractivity contribution < 1.29 is 38.3 Å². The number of nitro benzene ring substituents is 1. The summed E-state index contributed by atoms with van der Waals surface area (Å²) < 4.78 is 21.8. The molecule has 0 spiro atoms. The minimum atomic E-state index is -0.949. The van der Waals surface area contributed by atoms with Gasteiger partial charge in [-0.1, -0.05) is 31.2 Å². The molecule has 0 saturated carbocycles. The van der Waals surface area contributed by atoms with E-state index in [1.54, 1.807) is 52.8 Å². The van der Waals surface area contributed by atoms with E-state index in [9.17, 15) is 24.5 Å². The SMILES string of the molecule is CCC(=O)OCCc1ccc(OCCOC(=O)C2=C(C)NC(C)=C(C(=O)OC(C)C)C2c2cccc([N+](=O)[O-])c2)cc1. The maximum Gasteiger partial charge on any atom is 0.337 e. The second-order valence-corrected chi connectivity index (χ2v) is 9.89. The number of rotatable bonds is 13. The first-order chi connectivity index (χ1) is 20.0. The fourth-order valence-corrected chi connectivity index (χ4v) is 4.47. The quantitative estimate of drug-likeness (QED) is 0.114. The van der Waals surface area contributed by atoms with Gasteiger partial charge in [-0.3, -0.25) is 14.9 Å². The van der Waals surface area contributed by atoms with Gasteiger partial charge < -0.3 is 24.3 Å². The molecule has 0 amide bonds. The summed E-state index contributed by atoms with van der Waals surface area (Å²) in [4.78, 5) is 48.8. The first-order valence-electron chi connectivity index (χ1n) is 13.7. The number of nitrogens with one attached hydrogen (secondary N) is 1. The normalized spacial score (nSPS) is 14.8. The van der Waals surface area contributed by atoms with Crippen LogP contribution in [0.5, 0.6) is 5.75 Å². The Morgan fingerprint density at radius 1 is 0.929 bits per heavy atom. The number of hydrogen-bond acceptors (Lipinski definition) is 10. The number of hydrogen-bond donors (Lipinski definition) is 1. The molecule has 2 aromatic carbocycles. The summed E-state index contributed by atoms with van der Waals surface area (Å²) in [5, 5.41) is 14.5. The summed E-state index contributed by atoms with van der Waals surface area (Å²) in [7, 11) is 0. The predicted octanol–water partition coefficient (Wildman–Crippen LogP) is 4.90. The molecule has 3 rings (SSSR count). The molecule has 224 valence electrons. The van der Waals surface area contributed by atoms with E-state index in [4.69, 9.17) is 18.9 Å². The van der Waals surface area contributed by atoms with Crippen molar-refractivity contribution in [3.05, 3.63) is 92.3 Å². The Hall–Kier alpha value is -4.67. The molecule has 1 heterocycles. The Bertz CT molecular complexity index is 1380. The average Bonchev–Trinajstić information content (AvgIpc) is 2.95. The van der Waals surface area contributed by atoms with Crippen molar-refractivity contribution in [1.82, 2.24) is 5.32 Å². The molecule has 1 N–H and O–H groups in total. The van der Waals surface area contributed by atoms with Gasteiger partial charge in [0.15, 0.2) is 0 Å². The van der Waals surface area contributed by atoms with E-state index in [1.807, 2.05) is 12.1 Å². The number of ether oxygens (including phenoxy) is 4. The molecule has 1 atom stereocenters. The maximum absolute atomic E-state index is 13.4. The van der Waals surface area contributed by atoms with Crippen LogP contribution in [-0.4, -0.2) is 48.8 Å². The third kappa shape index (κ3) is 8.42. The van der Waals surface area contributed by atoms with Crippen LogP contribution in [-0.2, 0) is 35.0 Å². The smallest absolute Gasteiger partial charge is 0.337 e. The monoisotopic (exact) mass is 580 g/mol. The van der Waals surface area contributed by atoms with Gasteiger partial charge in [-0.05, 0) is 51.0 Å². The fraction of sp³-hybridized carbons (Fsp3) is 0.387. The number of carbonyl (C=O) groups is 3. The average molecular weight is 581 g/mol. The molecule has 1 unspecified atom stereocenters. The van der Waals surface area contributed by atoms with Crippen LogP contribution >= 0.6 is 0 Å². The van der Waals surface area contributed by atoms with Crippen LogP contribution < -0.4 is 10.1 Å². The van der Waals surface area contributed by atoms with Gasteiger partial charge in [0.1, 0.15) is 19.0 Å². The highest BCUT2D eigenvalue weighted by Crippen LogP contribution is 2.40. The zero-order chi connectivity index (χ0) is 30.8. The molecule has 0 aliphatic carbocycles. The van der Waals surface area contributed by atoms with E-state index in [-0.39, 0.29) is 36.0 Å². The molecule has 0 fully saturated rings. The Morgan fingerprint density at radius 2 is 1.60 bits per heavy atom. The van der Waals surface area contributed by atoms with Crippen molar-refractivity contribution in [3.8, 4) is 5.75 Å². The largest absolute Gasteiger partial charge is 0.490 e. The molecule has 0 saturated heterocycles. The first kappa shape index (κ1) is 31.9. The number of esters is 3. The van der Waals surface area contributed by atoms with Crippen LogP contribution in [0.1, 0.15) is 58.1 Å². The van der Waals surface area contributed by atoms with Gasteiger partial charge in [0, 0.05) is 36.4 Å². The van der Waals surface area contributed by atoms with Gasteiger partial charge in [0.05, 0.1) is 34.7 Å². The standard InChI is InChI=1S/C31H36N2O9/c1-6-26(34)40-15-14-22-10-12-25(13-11-22)39-16-17-41-30(35)27-20(4)32-21(5)28(31(36)42-19(2)3)29(27)23-8-7-9-24(18-23)33(37)38/h7-13,18-19,29,32H,6,14-17H2,1-5H3. The molecule has 0 bridgehead atoms. The number of dihydropyridines is 1. The van der Waals surface area contributed by atoms with Crippen molar-refractivity contribution in [2.75, 3.05) is 19.8 Å². The van der Waals surface area contributed by atoms with Crippen molar-refractivity contribution in [2.24, 2.45) is 0 Å². The number of nitrogens with zero attached hydrogens (tertiary/aromatic N) is 1. The van der Waals surface area contributed by atoms with Gasteiger partial charge in [0.25, 0.3) is 5.69 Å². The highest BCUT2D eigenvalue weighted by atomic mass is 16.6. The van der Waals surface area contributed by atoms with Gasteiger partial charge in [0.2, 0.25) is 0 Å². The van der Waals surface area contributed by atoms with E-state index < -0.39 is 28.9 Å². The summed E-state index contributed by atoms with van der Waals surface area (Å²) in [5.41, 5.74) is 2.43. The molecule has 11 nitrogen and oxygen atoms in total. The predicted molar refractivity (Wildman–Crippen MR) is 153 cm³/mol. The third-order valence-electron chi connectivity index (χ3n) is 6.41. The van der Waals surface area contributed by atoms with E-state index >= 15 is 0 Å². The minimum Gasteiger partial charge on any atom is -0.490 e. The second kappa shape index (κ2) is 14.8. The van der Waals surface area contributed by atoms with Gasteiger partial charge in [-0.25, -0.2) is 9.59 Å². The van der Waals surface area contributed by atoms with E-state index in [0.717, 1.165) is 5.56 Å². The fourth-order valence-electron chi connectivity index (χ4n) is 4.47. The van der Waals surface area contributed by atoms with Gasteiger partial charge in [-0.2, -0.15) is 0 Å². The zero-order valence-electron chi connectivity index (χ0n) is 24.4. The summed E-state index contributed by atoms with van der Waals surface area (Å²) in [6.07, 6.45) is 0.497. The lowest BCUT2D eigenvalue weighted by molar-refractivity contribution is -0.384. The molecule has 1 aliphatic heterocycles. The van der Waals surface area contributed by atoms with Crippen LogP contribution in [0.25, 0.3) is 0 Å². The number of non-ortho nitro benzene ring substituents is 1. The van der Waals surface area contributed by atoms with Crippen molar-refractivity contribution in [3.63, 3.8) is 0 Å². The first-order valence-corrected chi connectivity index (χ1v) is 13.7. The Morgan fingerprint density at radius 3 is 2.21 bits per heavy atom. The lowest BCUT2D eigenvalue weighted by Gasteiger charge is -2.30. The molecule has 1 aliphatic rings. The topological polar surface area (TPSA) is 143 Å². The zero-order valence-corrected chi connectivity index (χ0v) is 24.4. The molecule has 0 radical (unpaired) electrons. The van der Waals surface area contributed by atoms with Crippen molar-refractivity contribution in [1.29, 1.82) is 0 Å². The van der Waals surface area contributed by atoms with Crippen molar-refractivity contribution in [2.45, 2.75) is 59.5 Å². The van der Waals surface area contributed by atoms with Crippen LogP contribution in [0.2, 0.25) is 0 Å². The van der Waals surface area contributed by atoms with Crippen LogP contribution in [0, 0.1) is 10.1 Å². The molecular formula is C31H36N2O9. The van der Waals surface area contributed by atoms with Crippen LogP contribution in [0.15, 0.2) is 71.1 Å². The molecule has 11 heteroatoms. The van der Waals surface area contributed by atoms with E-state index in [0.29, 0.717) is 42.2 Å². The third-order valence-corrected chi connectivity index (χ3v) is 6.41. The second-order valence-electron chi connectivity index (χ2n) is 9.89.